The molecule has 0 fully saturated rings. The molecule has 0 saturated carbocycles. The Morgan fingerprint density at radius 1 is 1.50 bits per heavy atom. The van der Waals surface area contributed by atoms with Crippen LogP contribution >= 0.6 is 0 Å². The molecule has 0 aromatic rings. The molecule has 0 spiro atoms. The Hall–Kier alpha value is -0.780. The van der Waals surface area contributed by atoms with E-state index >= 15 is 0 Å². The highest BCUT2D eigenvalue weighted by atomic mass is 19.4. The maximum absolute atomic E-state index is 11.5. The summed E-state index contributed by atoms with van der Waals surface area (Å²) >= 11 is 0. The summed E-state index contributed by atoms with van der Waals surface area (Å²) in [6.07, 6.45) is -6.35. The SMILES string of the molecule is CCC(OC(C)=O)OC(F)(F)F. The number of alkyl halides is 3. The number of esters is 1. The Morgan fingerprint density at radius 3 is 2.25 bits per heavy atom. The minimum Gasteiger partial charge on any atom is -0.436 e. The predicted molar refractivity (Wildman–Crippen MR) is 33.0 cm³/mol. The molecule has 0 bridgehead atoms. The van der Waals surface area contributed by atoms with E-state index in [0.717, 1.165) is 6.92 Å². The second-order valence-electron chi connectivity index (χ2n) is 2.01. The van der Waals surface area contributed by atoms with E-state index in [-0.39, 0.29) is 6.42 Å². The minimum absolute atomic E-state index is 0.0426. The average molecular weight is 186 g/mol. The monoisotopic (exact) mass is 186 g/mol. The van der Waals surface area contributed by atoms with E-state index in [0.29, 0.717) is 0 Å². The van der Waals surface area contributed by atoms with Crippen LogP contribution in [-0.4, -0.2) is 18.6 Å². The van der Waals surface area contributed by atoms with Gasteiger partial charge in [-0.2, -0.15) is 0 Å². The summed E-state index contributed by atoms with van der Waals surface area (Å²) in [6, 6.07) is 0. The van der Waals surface area contributed by atoms with Crippen molar-refractivity contribution in [3.8, 4) is 0 Å². The van der Waals surface area contributed by atoms with E-state index in [9.17, 15) is 18.0 Å². The van der Waals surface area contributed by atoms with Crippen LogP contribution in [0.4, 0.5) is 13.2 Å². The van der Waals surface area contributed by atoms with Gasteiger partial charge in [0.25, 0.3) is 0 Å². The van der Waals surface area contributed by atoms with Crippen LogP contribution in [0.25, 0.3) is 0 Å². The van der Waals surface area contributed by atoms with E-state index < -0.39 is 18.6 Å². The lowest BCUT2D eigenvalue weighted by Crippen LogP contribution is -2.27. The fourth-order valence-electron chi connectivity index (χ4n) is 0.525. The van der Waals surface area contributed by atoms with Crippen molar-refractivity contribution in [3.63, 3.8) is 0 Å². The zero-order valence-electron chi connectivity index (χ0n) is 6.64. The molecule has 0 aliphatic rings. The summed E-state index contributed by atoms with van der Waals surface area (Å²) in [5.74, 6) is -0.800. The molecule has 0 saturated heterocycles. The van der Waals surface area contributed by atoms with Crippen molar-refractivity contribution >= 4 is 5.97 Å². The first kappa shape index (κ1) is 11.2. The summed E-state index contributed by atoms with van der Waals surface area (Å²) in [6.45, 7) is 2.43. The van der Waals surface area contributed by atoms with Crippen molar-refractivity contribution in [1.82, 2.24) is 0 Å². The third-order valence-electron chi connectivity index (χ3n) is 0.896. The third kappa shape index (κ3) is 5.96. The van der Waals surface area contributed by atoms with Crippen LogP contribution in [0, 0.1) is 0 Å². The fourth-order valence-corrected chi connectivity index (χ4v) is 0.525. The molecule has 0 heterocycles. The molecule has 0 aromatic heterocycles. The highest BCUT2D eigenvalue weighted by Gasteiger charge is 2.34. The van der Waals surface area contributed by atoms with E-state index in [1.54, 1.807) is 0 Å². The molecule has 0 rings (SSSR count). The lowest BCUT2D eigenvalue weighted by molar-refractivity contribution is -0.372. The van der Waals surface area contributed by atoms with Gasteiger partial charge in [-0.1, -0.05) is 6.92 Å². The summed E-state index contributed by atoms with van der Waals surface area (Å²) in [7, 11) is 0. The molecule has 0 aliphatic heterocycles. The number of rotatable bonds is 3. The van der Waals surface area contributed by atoms with Crippen molar-refractivity contribution < 1.29 is 27.4 Å². The Morgan fingerprint density at radius 2 is 2.00 bits per heavy atom. The number of carbonyl (C=O) groups excluding carboxylic acids is 1. The standard InChI is InChI=1S/C6H9F3O3/c1-3-5(11-4(2)10)12-6(7,8)9/h5H,3H2,1-2H3. The number of carbonyl (C=O) groups is 1. The van der Waals surface area contributed by atoms with E-state index in [4.69, 9.17) is 0 Å². The first-order valence-corrected chi connectivity index (χ1v) is 3.27. The minimum atomic E-state index is -4.77. The van der Waals surface area contributed by atoms with Crippen molar-refractivity contribution in [2.75, 3.05) is 0 Å². The smallest absolute Gasteiger partial charge is 0.436 e. The third-order valence-corrected chi connectivity index (χ3v) is 0.896. The van der Waals surface area contributed by atoms with Gasteiger partial charge in [0.1, 0.15) is 0 Å². The van der Waals surface area contributed by atoms with Crippen LogP contribution in [0.15, 0.2) is 0 Å². The van der Waals surface area contributed by atoms with E-state index in [1.165, 1.54) is 6.92 Å². The number of ether oxygens (including phenoxy) is 2. The van der Waals surface area contributed by atoms with Gasteiger partial charge in [-0.25, -0.2) is 0 Å². The Labute approximate surface area is 67.4 Å². The van der Waals surface area contributed by atoms with Gasteiger partial charge in [-0.3, -0.25) is 9.53 Å². The van der Waals surface area contributed by atoms with Crippen molar-refractivity contribution in [1.29, 1.82) is 0 Å². The van der Waals surface area contributed by atoms with E-state index in [1.807, 2.05) is 0 Å². The zero-order valence-corrected chi connectivity index (χ0v) is 6.64. The molecule has 72 valence electrons. The Kier molecular flexibility index (Phi) is 4.02. The van der Waals surface area contributed by atoms with Gasteiger partial charge in [0.15, 0.2) is 0 Å². The molecular formula is C6H9F3O3. The summed E-state index contributed by atoms with van der Waals surface area (Å²) in [5.41, 5.74) is 0. The molecule has 0 radical (unpaired) electrons. The summed E-state index contributed by atoms with van der Waals surface area (Å²) in [5, 5.41) is 0. The lowest BCUT2D eigenvalue weighted by atomic mass is 10.5. The first-order chi connectivity index (χ1) is 5.35. The molecule has 0 amide bonds. The molecule has 6 heteroatoms. The number of hydrogen-bond acceptors (Lipinski definition) is 3. The van der Waals surface area contributed by atoms with Crippen LogP contribution < -0.4 is 0 Å². The lowest BCUT2D eigenvalue weighted by Gasteiger charge is -2.16. The predicted octanol–water partition coefficient (Wildman–Crippen LogP) is 1.82. The van der Waals surface area contributed by atoms with Gasteiger partial charge in [-0.15, -0.1) is 13.2 Å². The second kappa shape index (κ2) is 4.30. The second-order valence-corrected chi connectivity index (χ2v) is 2.01. The highest BCUT2D eigenvalue weighted by molar-refractivity contribution is 5.66. The molecule has 1 atom stereocenters. The maximum atomic E-state index is 11.5. The normalized spacial score (nSPS) is 14.1. The Balaban J connectivity index is 3.92. The summed E-state index contributed by atoms with van der Waals surface area (Å²) in [4.78, 5) is 10.2. The topological polar surface area (TPSA) is 35.5 Å². The van der Waals surface area contributed by atoms with Crippen molar-refractivity contribution in [2.45, 2.75) is 32.9 Å². The van der Waals surface area contributed by atoms with Gasteiger partial charge >= 0.3 is 12.3 Å². The van der Waals surface area contributed by atoms with Crippen LogP contribution in [0.1, 0.15) is 20.3 Å². The summed E-state index contributed by atoms with van der Waals surface area (Å²) < 4.78 is 42.2. The molecule has 0 aromatic carbocycles. The average Bonchev–Trinajstić information content (AvgIpc) is 1.82. The highest BCUT2D eigenvalue weighted by Crippen LogP contribution is 2.20. The van der Waals surface area contributed by atoms with Crippen molar-refractivity contribution in [2.24, 2.45) is 0 Å². The molecule has 1 unspecified atom stereocenters. The van der Waals surface area contributed by atoms with Crippen LogP contribution in [0.3, 0.4) is 0 Å². The van der Waals surface area contributed by atoms with Crippen LogP contribution in [-0.2, 0) is 14.3 Å². The number of halogens is 3. The zero-order chi connectivity index (χ0) is 9.78. The number of hydrogen-bond donors (Lipinski definition) is 0. The van der Waals surface area contributed by atoms with Gasteiger partial charge in [0, 0.05) is 13.3 Å². The maximum Gasteiger partial charge on any atom is 0.525 e. The van der Waals surface area contributed by atoms with Crippen molar-refractivity contribution in [3.05, 3.63) is 0 Å². The largest absolute Gasteiger partial charge is 0.525 e. The quantitative estimate of drug-likeness (QED) is 0.498. The van der Waals surface area contributed by atoms with Gasteiger partial charge in [0.05, 0.1) is 0 Å². The molecule has 0 aliphatic carbocycles. The van der Waals surface area contributed by atoms with Crippen LogP contribution in [0.5, 0.6) is 0 Å². The van der Waals surface area contributed by atoms with E-state index in [2.05, 4.69) is 9.47 Å². The fraction of sp³-hybridized carbons (Fsp3) is 0.833. The Bertz CT molecular complexity index is 155. The van der Waals surface area contributed by atoms with Crippen LogP contribution in [0.2, 0.25) is 0 Å². The first-order valence-electron chi connectivity index (χ1n) is 3.27. The van der Waals surface area contributed by atoms with Gasteiger partial charge in [-0.05, 0) is 0 Å². The molecular weight excluding hydrogens is 177 g/mol. The molecule has 12 heavy (non-hydrogen) atoms. The van der Waals surface area contributed by atoms with Gasteiger partial charge < -0.3 is 4.74 Å². The molecule has 3 nitrogen and oxygen atoms in total. The molecule has 0 N–H and O–H groups in total. The van der Waals surface area contributed by atoms with Gasteiger partial charge in [0.2, 0.25) is 6.29 Å².